The molecule has 1 aromatic carbocycles. The van der Waals surface area contributed by atoms with E-state index in [0.29, 0.717) is 22.7 Å². The van der Waals surface area contributed by atoms with Gasteiger partial charge in [0.15, 0.2) is 0 Å². The maximum Gasteiger partial charge on any atom is 0.270 e. The molecule has 142 valence electrons. The summed E-state index contributed by atoms with van der Waals surface area (Å²) in [6.45, 7) is 0. The van der Waals surface area contributed by atoms with E-state index < -0.39 is 12.0 Å². The first-order valence-corrected chi connectivity index (χ1v) is 9.02. The fourth-order valence-electron chi connectivity index (χ4n) is 3.06. The Kier molecular flexibility index (Phi) is 5.93. The van der Waals surface area contributed by atoms with Crippen molar-refractivity contribution in [1.82, 2.24) is 10.3 Å². The quantitative estimate of drug-likeness (QED) is 0.626. The van der Waals surface area contributed by atoms with Crippen molar-refractivity contribution in [3.63, 3.8) is 0 Å². The summed E-state index contributed by atoms with van der Waals surface area (Å²) in [5, 5.41) is 25.5. The summed E-state index contributed by atoms with van der Waals surface area (Å²) in [6.07, 6.45) is 3.09. The second kappa shape index (κ2) is 8.37. The third kappa shape index (κ3) is 4.96. The van der Waals surface area contributed by atoms with Crippen LogP contribution in [0.4, 0.5) is 5.69 Å². The molecule has 0 spiro atoms. The van der Waals surface area contributed by atoms with Crippen molar-refractivity contribution in [1.29, 1.82) is 0 Å². The van der Waals surface area contributed by atoms with Crippen molar-refractivity contribution in [2.24, 2.45) is 0 Å². The summed E-state index contributed by atoms with van der Waals surface area (Å²) in [7, 11) is 0. The molecular weight excluding hydrogens is 370 g/mol. The molecule has 3 rings (SSSR count). The second-order valence-corrected chi connectivity index (χ2v) is 6.94. The summed E-state index contributed by atoms with van der Waals surface area (Å²) < 4.78 is 0. The van der Waals surface area contributed by atoms with Crippen LogP contribution in [-0.2, 0) is 11.2 Å². The van der Waals surface area contributed by atoms with Gasteiger partial charge in [0.05, 0.1) is 18.6 Å². The van der Waals surface area contributed by atoms with E-state index in [9.17, 15) is 19.8 Å². The number of phenols is 1. The monoisotopic (exact) mass is 389 g/mol. The summed E-state index contributed by atoms with van der Waals surface area (Å²) >= 11 is 5.88. The van der Waals surface area contributed by atoms with Gasteiger partial charge in [-0.1, -0.05) is 11.6 Å². The standard InChI is InChI=1S/C19H20ClN3O4/c20-12-4-5-16(24)11(8-12)9-18(26)22-13-6-7-21-15(10-13)19(27)23-14-2-1-3-17(14)25/h4-8,10,14,17,24-25H,1-3,9H2,(H,23,27)(H,21,22,26)/t14-,17+/m1/s1. The highest BCUT2D eigenvalue weighted by Gasteiger charge is 2.27. The first-order chi connectivity index (χ1) is 12.9. The molecule has 0 bridgehead atoms. The number of anilines is 1. The molecule has 0 aliphatic heterocycles. The number of benzene rings is 1. The number of nitrogens with one attached hydrogen (secondary N) is 2. The number of aromatic nitrogens is 1. The first-order valence-electron chi connectivity index (χ1n) is 8.64. The average Bonchev–Trinajstić information content (AvgIpc) is 3.03. The van der Waals surface area contributed by atoms with Crippen LogP contribution >= 0.6 is 11.6 Å². The summed E-state index contributed by atoms with van der Waals surface area (Å²) in [5.74, 6) is -0.777. The van der Waals surface area contributed by atoms with Crippen LogP contribution in [0.15, 0.2) is 36.5 Å². The number of phenolic OH excluding ortho intramolecular Hbond substituents is 1. The molecule has 0 unspecified atom stereocenters. The molecular formula is C19H20ClN3O4. The van der Waals surface area contributed by atoms with Crippen LogP contribution in [0, 0.1) is 0 Å². The topological polar surface area (TPSA) is 112 Å². The number of hydrogen-bond donors (Lipinski definition) is 4. The predicted molar refractivity (Wildman–Crippen MR) is 101 cm³/mol. The van der Waals surface area contributed by atoms with Gasteiger partial charge in [0.1, 0.15) is 11.4 Å². The molecule has 7 nitrogen and oxygen atoms in total. The average molecular weight is 390 g/mol. The van der Waals surface area contributed by atoms with E-state index in [-0.39, 0.29) is 29.8 Å². The molecule has 2 aromatic rings. The molecule has 8 heteroatoms. The molecule has 4 N–H and O–H groups in total. The van der Waals surface area contributed by atoms with Crippen LogP contribution in [0.1, 0.15) is 35.3 Å². The Morgan fingerprint density at radius 3 is 2.78 bits per heavy atom. The minimum Gasteiger partial charge on any atom is -0.508 e. The van der Waals surface area contributed by atoms with Crippen LogP contribution in [0.3, 0.4) is 0 Å². The van der Waals surface area contributed by atoms with Gasteiger partial charge in [0.25, 0.3) is 5.91 Å². The van der Waals surface area contributed by atoms with Crippen molar-refractivity contribution in [2.75, 3.05) is 5.32 Å². The number of nitrogens with zero attached hydrogens (tertiary/aromatic N) is 1. The molecule has 1 aromatic heterocycles. The molecule has 0 radical (unpaired) electrons. The zero-order valence-electron chi connectivity index (χ0n) is 14.5. The van der Waals surface area contributed by atoms with Crippen molar-refractivity contribution >= 4 is 29.1 Å². The number of hydrogen-bond acceptors (Lipinski definition) is 5. The Balaban J connectivity index is 1.63. The molecule has 1 aliphatic rings. The molecule has 1 fully saturated rings. The van der Waals surface area contributed by atoms with Gasteiger partial charge in [-0.15, -0.1) is 0 Å². The number of aromatic hydroxyl groups is 1. The third-order valence-corrected chi connectivity index (χ3v) is 4.70. The Hall–Kier alpha value is -2.64. The van der Waals surface area contributed by atoms with Gasteiger partial charge < -0.3 is 20.8 Å². The molecule has 27 heavy (non-hydrogen) atoms. The summed E-state index contributed by atoms with van der Waals surface area (Å²) in [6, 6.07) is 7.24. The molecule has 2 amide bonds. The number of amides is 2. The zero-order chi connectivity index (χ0) is 19.4. The fourth-order valence-corrected chi connectivity index (χ4v) is 3.25. The SMILES string of the molecule is O=C(Cc1cc(Cl)ccc1O)Nc1ccnc(C(=O)N[C@@H]2CCC[C@@H]2O)c1. The Morgan fingerprint density at radius 1 is 1.22 bits per heavy atom. The van der Waals surface area contributed by atoms with E-state index in [0.717, 1.165) is 12.8 Å². The van der Waals surface area contributed by atoms with E-state index in [1.807, 2.05) is 0 Å². The van der Waals surface area contributed by atoms with E-state index >= 15 is 0 Å². The van der Waals surface area contributed by atoms with Gasteiger partial charge in [0, 0.05) is 22.5 Å². The number of carbonyl (C=O) groups excluding carboxylic acids is 2. The van der Waals surface area contributed by atoms with E-state index in [1.54, 1.807) is 6.07 Å². The van der Waals surface area contributed by atoms with Crippen molar-refractivity contribution in [2.45, 2.75) is 37.8 Å². The molecule has 2 atom stereocenters. The van der Waals surface area contributed by atoms with Gasteiger partial charge >= 0.3 is 0 Å². The number of pyridine rings is 1. The van der Waals surface area contributed by atoms with Gasteiger partial charge in [0.2, 0.25) is 5.91 Å². The smallest absolute Gasteiger partial charge is 0.270 e. The number of carbonyl (C=O) groups is 2. The Labute approximate surface area is 161 Å². The zero-order valence-corrected chi connectivity index (χ0v) is 15.2. The van der Waals surface area contributed by atoms with Crippen molar-refractivity contribution in [3.8, 4) is 5.75 Å². The van der Waals surface area contributed by atoms with Gasteiger partial charge in [-0.25, -0.2) is 0 Å². The minimum atomic E-state index is -0.540. The number of halogens is 1. The highest BCUT2D eigenvalue weighted by Crippen LogP contribution is 2.22. The highest BCUT2D eigenvalue weighted by molar-refractivity contribution is 6.30. The largest absolute Gasteiger partial charge is 0.508 e. The summed E-state index contributed by atoms with van der Waals surface area (Å²) in [5.41, 5.74) is 0.966. The first kappa shape index (κ1) is 19.1. The molecule has 0 saturated heterocycles. The van der Waals surface area contributed by atoms with Crippen LogP contribution < -0.4 is 10.6 Å². The van der Waals surface area contributed by atoms with Gasteiger partial charge in [-0.05, 0) is 49.6 Å². The van der Waals surface area contributed by atoms with Crippen LogP contribution in [0.25, 0.3) is 0 Å². The normalized spacial score (nSPS) is 18.9. The third-order valence-electron chi connectivity index (χ3n) is 4.46. The molecule has 1 heterocycles. The predicted octanol–water partition coefficient (Wildman–Crippen LogP) is 2.26. The van der Waals surface area contributed by atoms with Crippen molar-refractivity contribution < 1.29 is 19.8 Å². The van der Waals surface area contributed by atoms with Gasteiger partial charge in [-0.3, -0.25) is 14.6 Å². The lowest BCUT2D eigenvalue weighted by Gasteiger charge is -2.16. The lowest BCUT2D eigenvalue weighted by Crippen LogP contribution is -2.40. The Morgan fingerprint density at radius 2 is 2.04 bits per heavy atom. The minimum absolute atomic E-state index is 0.0144. The van der Waals surface area contributed by atoms with Gasteiger partial charge in [-0.2, -0.15) is 0 Å². The van der Waals surface area contributed by atoms with E-state index in [1.165, 1.54) is 30.5 Å². The highest BCUT2D eigenvalue weighted by atomic mass is 35.5. The molecule has 1 saturated carbocycles. The number of aliphatic hydroxyl groups excluding tert-OH is 1. The summed E-state index contributed by atoms with van der Waals surface area (Å²) in [4.78, 5) is 28.6. The van der Waals surface area contributed by atoms with E-state index in [2.05, 4.69) is 15.6 Å². The van der Waals surface area contributed by atoms with Crippen molar-refractivity contribution in [3.05, 3.63) is 52.8 Å². The van der Waals surface area contributed by atoms with Crippen LogP contribution in [0.5, 0.6) is 5.75 Å². The lowest BCUT2D eigenvalue weighted by atomic mass is 10.1. The second-order valence-electron chi connectivity index (χ2n) is 6.51. The maximum atomic E-state index is 12.3. The Bertz CT molecular complexity index is 859. The van der Waals surface area contributed by atoms with Crippen LogP contribution in [0.2, 0.25) is 5.02 Å². The molecule has 1 aliphatic carbocycles. The lowest BCUT2D eigenvalue weighted by molar-refractivity contribution is -0.115. The fraction of sp³-hybridized carbons (Fsp3) is 0.316. The van der Waals surface area contributed by atoms with E-state index in [4.69, 9.17) is 11.6 Å². The van der Waals surface area contributed by atoms with Crippen LogP contribution in [-0.4, -0.2) is 39.2 Å². The number of rotatable bonds is 5. The number of aliphatic hydroxyl groups is 1. The maximum absolute atomic E-state index is 12.3.